The molecule has 1 rings (SSSR count). The molecule has 0 bridgehead atoms. The molecule has 0 unspecified atom stereocenters. The van der Waals surface area contributed by atoms with E-state index in [4.69, 9.17) is 0 Å². The first kappa shape index (κ1) is 10.5. The maximum absolute atomic E-state index is 12.3. The lowest BCUT2D eigenvalue weighted by molar-refractivity contribution is -0.332. The Balaban J connectivity index is 2.60. The van der Waals surface area contributed by atoms with Gasteiger partial charge >= 0.3 is 6.29 Å². The van der Waals surface area contributed by atoms with Crippen LogP contribution in [0, 0.1) is 0 Å². The molecule has 76 valence electrons. The highest BCUT2D eigenvalue weighted by Gasteiger charge is 2.39. The lowest BCUT2D eigenvalue weighted by atomic mass is 10.3. The summed E-state index contributed by atoms with van der Waals surface area (Å²) in [7, 11) is 0. The molecule has 0 saturated heterocycles. The minimum absolute atomic E-state index is 0.0462. The van der Waals surface area contributed by atoms with Gasteiger partial charge < -0.3 is 9.47 Å². The van der Waals surface area contributed by atoms with Crippen LogP contribution in [0.25, 0.3) is 0 Å². The van der Waals surface area contributed by atoms with E-state index in [-0.39, 0.29) is 5.76 Å². The fourth-order valence-electron chi connectivity index (χ4n) is 0.714. The van der Waals surface area contributed by atoms with Crippen molar-refractivity contribution in [2.45, 2.75) is 20.1 Å². The van der Waals surface area contributed by atoms with Crippen LogP contribution in [0.2, 0.25) is 0 Å². The fraction of sp³-hybridized carbons (Fsp3) is 0.300. The molecule has 0 spiro atoms. The van der Waals surface area contributed by atoms with Crippen LogP contribution in [0.4, 0.5) is 8.78 Å². The summed E-state index contributed by atoms with van der Waals surface area (Å²) in [5.74, 6) is -0.0462. The average molecular weight is 200 g/mol. The topological polar surface area (TPSA) is 18.5 Å². The van der Waals surface area contributed by atoms with Gasteiger partial charge in [-0.15, -0.1) is 14.5 Å². The maximum Gasteiger partial charge on any atom is 0.585 e. The standard InChI is InChI=1S/C10H10F2O2/c1-3-8(2)5-4-6-9-7-13-10(11,12)14-9/h3,5-7H,1-2H3/b8-3-. The van der Waals surface area contributed by atoms with E-state index >= 15 is 0 Å². The predicted octanol–water partition coefficient (Wildman–Crippen LogP) is 3.10. The van der Waals surface area contributed by atoms with Crippen molar-refractivity contribution in [3.8, 4) is 0 Å². The number of rotatable bonds is 2. The second kappa shape index (κ2) is 4.11. The highest BCUT2D eigenvalue weighted by Crippen LogP contribution is 2.28. The normalized spacial score (nSPS) is 18.9. The summed E-state index contributed by atoms with van der Waals surface area (Å²) in [5.41, 5.74) is 3.67. The van der Waals surface area contributed by atoms with Crippen LogP contribution in [0.1, 0.15) is 13.8 Å². The molecule has 0 aromatic carbocycles. The summed E-state index contributed by atoms with van der Waals surface area (Å²) in [6.45, 7) is 3.74. The lowest BCUT2D eigenvalue weighted by Crippen LogP contribution is -2.15. The van der Waals surface area contributed by atoms with Crippen molar-refractivity contribution >= 4 is 0 Å². The second-order valence-corrected chi connectivity index (χ2v) is 2.69. The van der Waals surface area contributed by atoms with Gasteiger partial charge in [-0.05, 0) is 25.5 Å². The van der Waals surface area contributed by atoms with Gasteiger partial charge in [0.2, 0.25) is 0 Å². The first-order valence-corrected chi connectivity index (χ1v) is 4.04. The number of halogens is 2. The van der Waals surface area contributed by atoms with Gasteiger partial charge in [-0.2, -0.15) is 0 Å². The van der Waals surface area contributed by atoms with E-state index < -0.39 is 6.29 Å². The van der Waals surface area contributed by atoms with Crippen LogP contribution >= 0.6 is 0 Å². The monoisotopic (exact) mass is 200 g/mol. The SMILES string of the molecule is C/C=C(/C)C=C=CC1=COC(F)(F)O1. The zero-order chi connectivity index (χ0) is 10.6. The van der Waals surface area contributed by atoms with Gasteiger partial charge in [0.05, 0.1) is 0 Å². The summed E-state index contributed by atoms with van der Waals surface area (Å²) in [6, 6.07) is 0. The molecular formula is C10H10F2O2. The smallest absolute Gasteiger partial charge is 0.403 e. The quantitative estimate of drug-likeness (QED) is 0.503. The number of alkyl halides is 2. The van der Waals surface area contributed by atoms with Gasteiger partial charge in [-0.25, -0.2) is 0 Å². The largest absolute Gasteiger partial charge is 0.585 e. The first-order chi connectivity index (χ1) is 6.53. The van der Waals surface area contributed by atoms with E-state index in [1.807, 2.05) is 19.9 Å². The Kier molecular flexibility index (Phi) is 3.10. The molecule has 0 fully saturated rings. The van der Waals surface area contributed by atoms with Crippen LogP contribution in [0.15, 0.2) is 41.6 Å². The molecule has 0 aliphatic carbocycles. The molecule has 1 aliphatic heterocycles. The Labute approximate surface area is 80.8 Å². The van der Waals surface area contributed by atoms with E-state index in [1.54, 1.807) is 6.08 Å². The lowest BCUT2D eigenvalue weighted by Gasteiger charge is -2.05. The Morgan fingerprint density at radius 2 is 2.29 bits per heavy atom. The molecule has 0 N–H and O–H groups in total. The predicted molar refractivity (Wildman–Crippen MR) is 47.3 cm³/mol. The van der Waals surface area contributed by atoms with Crippen LogP contribution in [0.3, 0.4) is 0 Å². The van der Waals surface area contributed by atoms with Crippen molar-refractivity contribution in [2.24, 2.45) is 0 Å². The molecule has 2 nitrogen and oxygen atoms in total. The highest BCUT2D eigenvalue weighted by molar-refractivity contribution is 5.19. The van der Waals surface area contributed by atoms with Crippen molar-refractivity contribution in [3.05, 3.63) is 41.6 Å². The van der Waals surface area contributed by atoms with Gasteiger partial charge in [0.15, 0.2) is 5.76 Å². The molecule has 0 saturated carbocycles. The third-order valence-electron chi connectivity index (χ3n) is 1.54. The van der Waals surface area contributed by atoms with Crippen LogP contribution in [-0.2, 0) is 9.47 Å². The number of hydrogen-bond acceptors (Lipinski definition) is 2. The number of hydrogen-bond donors (Lipinski definition) is 0. The molecule has 4 heteroatoms. The van der Waals surface area contributed by atoms with E-state index in [0.29, 0.717) is 0 Å². The van der Waals surface area contributed by atoms with Gasteiger partial charge in [0, 0.05) is 6.08 Å². The van der Waals surface area contributed by atoms with Crippen molar-refractivity contribution in [1.82, 2.24) is 0 Å². The summed E-state index contributed by atoms with van der Waals surface area (Å²) in [6.07, 6.45) is 2.12. The molecule has 0 aromatic rings. The van der Waals surface area contributed by atoms with Crippen molar-refractivity contribution in [1.29, 1.82) is 0 Å². The maximum atomic E-state index is 12.3. The zero-order valence-electron chi connectivity index (χ0n) is 7.88. The Hall–Kier alpha value is -1.54. The molecule has 0 amide bonds. The van der Waals surface area contributed by atoms with Gasteiger partial charge in [0.1, 0.15) is 6.26 Å². The minimum Gasteiger partial charge on any atom is -0.403 e. The summed E-state index contributed by atoms with van der Waals surface area (Å²) in [4.78, 5) is 0. The average Bonchev–Trinajstić information content (AvgIpc) is 2.45. The zero-order valence-corrected chi connectivity index (χ0v) is 7.88. The van der Waals surface area contributed by atoms with Gasteiger partial charge in [-0.1, -0.05) is 6.08 Å². The Morgan fingerprint density at radius 3 is 2.79 bits per heavy atom. The second-order valence-electron chi connectivity index (χ2n) is 2.69. The van der Waals surface area contributed by atoms with Crippen molar-refractivity contribution in [2.75, 3.05) is 0 Å². The van der Waals surface area contributed by atoms with Crippen molar-refractivity contribution < 1.29 is 18.3 Å². The van der Waals surface area contributed by atoms with Crippen molar-refractivity contribution in [3.63, 3.8) is 0 Å². The Bertz CT molecular complexity index is 334. The van der Waals surface area contributed by atoms with Gasteiger partial charge in [-0.3, -0.25) is 0 Å². The van der Waals surface area contributed by atoms with E-state index in [0.717, 1.165) is 11.8 Å². The Morgan fingerprint density at radius 1 is 1.57 bits per heavy atom. The summed E-state index contributed by atoms with van der Waals surface area (Å²) in [5, 5.41) is 0. The molecule has 0 atom stereocenters. The van der Waals surface area contributed by atoms with E-state index in [1.165, 1.54) is 6.08 Å². The summed E-state index contributed by atoms with van der Waals surface area (Å²) < 4.78 is 32.6. The number of allylic oxidation sites excluding steroid dienone is 3. The van der Waals surface area contributed by atoms with Crippen LogP contribution in [-0.4, -0.2) is 6.29 Å². The molecule has 0 radical (unpaired) electrons. The molecular weight excluding hydrogens is 190 g/mol. The molecule has 1 heterocycles. The van der Waals surface area contributed by atoms with Crippen LogP contribution < -0.4 is 0 Å². The van der Waals surface area contributed by atoms with Gasteiger partial charge in [0.25, 0.3) is 0 Å². The molecule has 14 heavy (non-hydrogen) atoms. The third-order valence-corrected chi connectivity index (χ3v) is 1.54. The molecule has 1 aliphatic rings. The van der Waals surface area contributed by atoms with E-state index in [9.17, 15) is 8.78 Å². The fourth-order valence-corrected chi connectivity index (χ4v) is 0.714. The third kappa shape index (κ3) is 3.07. The van der Waals surface area contributed by atoms with Crippen LogP contribution in [0.5, 0.6) is 0 Å². The first-order valence-electron chi connectivity index (χ1n) is 4.04. The number of ether oxygens (including phenoxy) is 2. The minimum atomic E-state index is -3.54. The highest BCUT2D eigenvalue weighted by atomic mass is 19.3. The van der Waals surface area contributed by atoms with E-state index in [2.05, 4.69) is 15.2 Å². The summed E-state index contributed by atoms with van der Waals surface area (Å²) >= 11 is 0. The molecule has 0 aromatic heterocycles.